The first-order valence-corrected chi connectivity index (χ1v) is 6.56. The van der Waals surface area contributed by atoms with Crippen molar-refractivity contribution in [3.05, 3.63) is 11.7 Å². The molecule has 1 heterocycles. The van der Waals surface area contributed by atoms with Gasteiger partial charge in [0.1, 0.15) is 5.25 Å². The molecule has 0 amide bonds. The van der Waals surface area contributed by atoms with Crippen LogP contribution in [0.2, 0.25) is 0 Å². The lowest BCUT2D eigenvalue weighted by Crippen LogP contribution is -2.13. The minimum absolute atomic E-state index is 0.167. The number of nitrogens with one attached hydrogen (secondary N) is 1. The third kappa shape index (κ3) is 3.32. The summed E-state index contributed by atoms with van der Waals surface area (Å²) < 4.78 is 27.3. The quantitative estimate of drug-likeness (QED) is 0.574. The fourth-order valence-electron chi connectivity index (χ4n) is 0.938. The average molecular weight is 243 g/mol. The molecule has 0 saturated heterocycles. The number of nitrogens with zero attached hydrogens (tertiary/aromatic N) is 2. The number of aromatic nitrogens is 2. The Morgan fingerprint density at radius 2 is 2.31 bits per heavy atom. The van der Waals surface area contributed by atoms with Crippen LogP contribution in [0.4, 0.5) is 0 Å². The number of hydrogen-bond acceptors (Lipinski definition) is 6. The van der Waals surface area contributed by atoms with Gasteiger partial charge in [0.2, 0.25) is 5.89 Å². The van der Waals surface area contributed by atoms with Gasteiger partial charge in [-0.25, -0.2) is 8.42 Å². The molecule has 0 aliphatic rings. The monoisotopic (exact) mass is 243 g/mol. The molecular weight excluding hydrogens is 230 g/mol. The zero-order valence-electron chi connectivity index (χ0n) is 9.10. The number of terminal acetylenes is 1. The lowest BCUT2D eigenvalue weighted by molar-refractivity contribution is 0.365. The van der Waals surface area contributed by atoms with E-state index in [9.17, 15) is 8.42 Å². The van der Waals surface area contributed by atoms with Crippen LogP contribution >= 0.6 is 0 Å². The normalized spacial score (nSPS) is 13.3. The van der Waals surface area contributed by atoms with Crippen LogP contribution in [-0.4, -0.2) is 31.4 Å². The molecule has 0 spiro atoms. The Morgan fingerprint density at radius 1 is 1.62 bits per heavy atom. The summed E-state index contributed by atoms with van der Waals surface area (Å²) in [5.41, 5.74) is 0. The van der Waals surface area contributed by atoms with Crippen molar-refractivity contribution >= 4 is 9.84 Å². The number of hydrogen-bond donors (Lipinski definition) is 1. The summed E-state index contributed by atoms with van der Waals surface area (Å²) in [6.07, 6.45) is 6.17. The largest absolute Gasteiger partial charge is 0.338 e. The van der Waals surface area contributed by atoms with E-state index in [1.807, 2.05) is 0 Å². The van der Waals surface area contributed by atoms with Crippen molar-refractivity contribution in [2.45, 2.75) is 18.7 Å². The molecule has 16 heavy (non-hydrogen) atoms. The fourth-order valence-corrected chi connectivity index (χ4v) is 1.42. The van der Waals surface area contributed by atoms with Crippen molar-refractivity contribution in [3.63, 3.8) is 0 Å². The van der Waals surface area contributed by atoms with Gasteiger partial charge < -0.3 is 4.52 Å². The molecule has 88 valence electrons. The summed E-state index contributed by atoms with van der Waals surface area (Å²) >= 11 is 0. The summed E-state index contributed by atoms with van der Waals surface area (Å²) in [6, 6.07) is 0. The topological polar surface area (TPSA) is 85.1 Å². The molecule has 6 nitrogen and oxygen atoms in total. The Bertz CT molecular complexity index is 486. The van der Waals surface area contributed by atoms with E-state index in [1.54, 1.807) is 0 Å². The van der Waals surface area contributed by atoms with E-state index >= 15 is 0 Å². The SMILES string of the molecule is C#CCNCc1nc(C(C)S(C)(=O)=O)no1. The minimum atomic E-state index is -3.21. The Labute approximate surface area is 94.3 Å². The second-order valence-electron chi connectivity index (χ2n) is 3.33. The molecule has 0 bridgehead atoms. The Kier molecular flexibility index (Phi) is 4.04. The van der Waals surface area contributed by atoms with Crippen LogP contribution in [0.5, 0.6) is 0 Å². The van der Waals surface area contributed by atoms with Gasteiger partial charge in [-0.15, -0.1) is 6.42 Å². The molecule has 1 rings (SSSR count). The van der Waals surface area contributed by atoms with Gasteiger partial charge in [0.05, 0.1) is 13.1 Å². The standard InChI is InChI=1S/C9H13N3O3S/c1-4-5-10-6-8-11-9(12-15-8)7(2)16(3,13)14/h1,7,10H,5-6H2,2-3H3. The van der Waals surface area contributed by atoms with E-state index < -0.39 is 15.1 Å². The first-order chi connectivity index (χ1) is 7.45. The molecule has 0 aliphatic heterocycles. The summed E-state index contributed by atoms with van der Waals surface area (Å²) in [5.74, 6) is 2.88. The maximum Gasteiger partial charge on any atom is 0.240 e. The first kappa shape index (κ1) is 12.7. The highest BCUT2D eigenvalue weighted by molar-refractivity contribution is 7.90. The molecule has 1 unspecified atom stereocenters. The van der Waals surface area contributed by atoms with E-state index in [-0.39, 0.29) is 5.82 Å². The molecule has 0 fully saturated rings. The summed E-state index contributed by atoms with van der Waals surface area (Å²) in [4.78, 5) is 3.96. The van der Waals surface area contributed by atoms with E-state index in [0.717, 1.165) is 6.26 Å². The van der Waals surface area contributed by atoms with E-state index in [0.29, 0.717) is 19.0 Å². The van der Waals surface area contributed by atoms with Gasteiger partial charge >= 0.3 is 0 Å². The lowest BCUT2D eigenvalue weighted by Gasteiger charge is -2.01. The maximum atomic E-state index is 11.2. The van der Waals surface area contributed by atoms with Crippen molar-refractivity contribution in [2.24, 2.45) is 0 Å². The van der Waals surface area contributed by atoms with E-state index in [4.69, 9.17) is 10.9 Å². The lowest BCUT2D eigenvalue weighted by atomic mass is 10.4. The molecule has 7 heteroatoms. The van der Waals surface area contributed by atoms with Crippen LogP contribution in [0.25, 0.3) is 0 Å². The molecule has 1 aromatic rings. The van der Waals surface area contributed by atoms with Crippen LogP contribution in [-0.2, 0) is 16.4 Å². The molecule has 1 aromatic heterocycles. The highest BCUT2D eigenvalue weighted by Gasteiger charge is 2.22. The summed E-state index contributed by atoms with van der Waals surface area (Å²) in [5, 5.41) is 5.70. The second-order valence-corrected chi connectivity index (χ2v) is 5.69. The predicted molar refractivity (Wildman–Crippen MR) is 58.1 cm³/mol. The van der Waals surface area contributed by atoms with Crippen LogP contribution in [0.15, 0.2) is 4.52 Å². The first-order valence-electron chi connectivity index (χ1n) is 4.60. The van der Waals surface area contributed by atoms with Crippen molar-refractivity contribution in [1.82, 2.24) is 15.5 Å². The number of rotatable bonds is 5. The van der Waals surface area contributed by atoms with Gasteiger partial charge in [0.25, 0.3) is 0 Å². The second kappa shape index (κ2) is 5.09. The Morgan fingerprint density at radius 3 is 2.88 bits per heavy atom. The van der Waals surface area contributed by atoms with Crippen LogP contribution < -0.4 is 5.32 Å². The van der Waals surface area contributed by atoms with Crippen LogP contribution in [0, 0.1) is 12.3 Å². The highest BCUT2D eigenvalue weighted by atomic mass is 32.2. The van der Waals surface area contributed by atoms with Crippen molar-refractivity contribution in [1.29, 1.82) is 0 Å². The zero-order valence-corrected chi connectivity index (χ0v) is 9.91. The zero-order chi connectivity index (χ0) is 12.2. The fraction of sp³-hybridized carbons (Fsp3) is 0.556. The van der Waals surface area contributed by atoms with Crippen LogP contribution in [0.3, 0.4) is 0 Å². The number of sulfone groups is 1. The summed E-state index contributed by atoms with van der Waals surface area (Å²) in [6.45, 7) is 2.23. The molecule has 0 radical (unpaired) electrons. The third-order valence-corrected chi connectivity index (χ3v) is 3.49. The smallest absolute Gasteiger partial charge is 0.240 e. The molecule has 0 aromatic carbocycles. The van der Waals surface area contributed by atoms with Gasteiger partial charge in [-0.2, -0.15) is 4.98 Å². The van der Waals surface area contributed by atoms with E-state index in [2.05, 4.69) is 21.4 Å². The van der Waals surface area contributed by atoms with Gasteiger partial charge in [-0.3, -0.25) is 5.32 Å². The minimum Gasteiger partial charge on any atom is -0.338 e. The third-order valence-electron chi connectivity index (χ3n) is 1.99. The van der Waals surface area contributed by atoms with Crippen LogP contribution in [0.1, 0.15) is 23.9 Å². The van der Waals surface area contributed by atoms with Crippen molar-refractivity contribution < 1.29 is 12.9 Å². The van der Waals surface area contributed by atoms with Crippen molar-refractivity contribution in [2.75, 3.05) is 12.8 Å². The van der Waals surface area contributed by atoms with Gasteiger partial charge in [0, 0.05) is 6.26 Å². The average Bonchev–Trinajstić information content (AvgIpc) is 2.64. The van der Waals surface area contributed by atoms with Gasteiger partial charge in [-0.05, 0) is 6.92 Å². The Balaban J connectivity index is 2.69. The Hall–Kier alpha value is -1.39. The predicted octanol–water partition coefficient (Wildman–Crippen LogP) is -0.102. The molecule has 1 atom stereocenters. The highest BCUT2D eigenvalue weighted by Crippen LogP contribution is 2.17. The molecule has 0 aliphatic carbocycles. The van der Waals surface area contributed by atoms with Gasteiger partial charge in [-0.1, -0.05) is 11.1 Å². The molecule has 0 saturated carbocycles. The van der Waals surface area contributed by atoms with Gasteiger partial charge in [0.15, 0.2) is 15.7 Å². The molecular formula is C9H13N3O3S. The maximum absolute atomic E-state index is 11.2. The summed E-state index contributed by atoms with van der Waals surface area (Å²) in [7, 11) is -3.21. The van der Waals surface area contributed by atoms with Crippen molar-refractivity contribution in [3.8, 4) is 12.3 Å². The van der Waals surface area contributed by atoms with E-state index in [1.165, 1.54) is 6.92 Å². The molecule has 1 N–H and O–H groups in total.